The molecule has 0 unspecified atom stereocenters. The van der Waals surface area contributed by atoms with Gasteiger partial charge in [-0.15, -0.1) is 0 Å². The number of likely N-dealkylation sites (N-methyl/N-ethyl adjacent to an activating group) is 1. The third-order valence-electron chi connectivity index (χ3n) is 3.66. The van der Waals surface area contributed by atoms with Gasteiger partial charge >= 0.3 is 0 Å². The highest BCUT2D eigenvalue weighted by Crippen LogP contribution is 2.30. The topological polar surface area (TPSA) is 67.2 Å². The maximum Gasteiger partial charge on any atom is 0.291 e. The second kappa shape index (κ2) is 6.93. The molecule has 1 saturated carbocycles. The fourth-order valence-electron chi connectivity index (χ4n) is 2.16. The van der Waals surface area contributed by atoms with Crippen LogP contribution in [-0.2, 0) is 11.3 Å². The third-order valence-corrected chi connectivity index (χ3v) is 3.94. The molecule has 7 heteroatoms. The van der Waals surface area contributed by atoms with Gasteiger partial charge in [0.15, 0.2) is 0 Å². The average molecular weight is 313 g/mol. The molecule has 1 aromatic rings. The summed E-state index contributed by atoms with van der Waals surface area (Å²) in [5.74, 6) is 0.488. The van der Waals surface area contributed by atoms with Gasteiger partial charge in [-0.2, -0.15) is 5.10 Å². The van der Waals surface area contributed by atoms with Crippen molar-refractivity contribution in [1.82, 2.24) is 14.7 Å². The summed E-state index contributed by atoms with van der Waals surface area (Å²) in [7, 11) is 0. The van der Waals surface area contributed by atoms with Crippen LogP contribution in [0.5, 0.6) is 0 Å². The molecule has 116 valence electrons. The van der Waals surface area contributed by atoms with E-state index in [0.717, 1.165) is 12.8 Å². The van der Waals surface area contributed by atoms with Gasteiger partial charge in [-0.25, -0.2) is 4.68 Å². The number of nitrogens with one attached hydrogen (secondary N) is 1. The highest BCUT2D eigenvalue weighted by atomic mass is 35.5. The first-order valence-electron chi connectivity index (χ1n) is 7.34. The normalized spacial score (nSPS) is 14.0. The van der Waals surface area contributed by atoms with E-state index < -0.39 is 0 Å². The first-order chi connectivity index (χ1) is 10.1. The molecule has 1 heterocycles. The lowest BCUT2D eigenvalue weighted by Gasteiger charge is -2.19. The molecule has 1 fully saturated rings. The monoisotopic (exact) mass is 312 g/mol. The number of halogens is 1. The van der Waals surface area contributed by atoms with Crippen molar-refractivity contribution in [3.8, 4) is 0 Å². The van der Waals surface area contributed by atoms with E-state index in [0.29, 0.717) is 25.6 Å². The van der Waals surface area contributed by atoms with Gasteiger partial charge in [-0.05, 0) is 32.6 Å². The van der Waals surface area contributed by atoms with Crippen molar-refractivity contribution in [2.45, 2.75) is 33.2 Å². The van der Waals surface area contributed by atoms with E-state index >= 15 is 0 Å². The molecule has 0 atom stereocenters. The Morgan fingerprint density at radius 1 is 1.48 bits per heavy atom. The fraction of sp³-hybridized carbons (Fsp3) is 0.643. The third kappa shape index (κ3) is 3.97. The lowest BCUT2D eigenvalue weighted by Crippen LogP contribution is -2.36. The van der Waals surface area contributed by atoms with Gasteiger partial charge in [0.2, 0.25) is 5.91 Å². The van der Waals surface area contributed by atoms with Crippen LogP contribution >= 0.6 is 11.6 Å². The van der Waals surface area contributed by atoms with Crippen LogP contribution in [0.4, 0.5) is 5.69 Å². The van der Waals surface area contributed by atoms with Crippen LogP contribution in [-0.4, -0.2) is 40.2 Å². The number of anilines is 1. The van der Waals surface area contributed by atoms with Crippen LogP contribution in [0, 0.1) is 5.92 Å². The quantitative estimate of drug-likeness (QED) is 0.830. The molecule has 21 heavy (non-hydrogen) atoms. The van der Waals surface area contributed by atoms with E-state index in [1.807, 2.05) is 13.8 Å². The molecule has 0 bridgehead atoms. The molecular weight excluding hydrogens is 292 g/mol. The van der Waals surface area contributed by atoms with Crippen molar-refractivity contribution in [2.24, 2.45) is 5.92 Å². The predicted octanol–water partition coefficient (Wildman–Crippen LogP) is 1.59. The van der Waals surface area contributed by atoms with E-state index in [-0.39, 0.29) is 28.7 Å². The van der Waals surface area contributed by atoms with E-state index in [1.54, 1.807) is 4.90 Å². The maximum atomic E-state index is 12.3. The molecule has 1 N–H and O–H groups in total. The zero-order valence-electron chi connectivity index (χ0n) is 12.4. The van der Waals surface area contributed by atoms with E-state index in [9.17, 15) is 9.59 Å². The zero-order valence-corrected chi connectivity index (χ0v) is 13.2. The molecule has 1 aliphatic carbocycles. The summed E-state index contributed by atoms with van der Waals surface area (Å²) in [5.41, 5.74) is -0.00503. The van der Waals surface area contributed by atoms with E-state index in [2.05, 4.69) is 10.4 Å². The SMILES string of the molecule is CCN(CC)C(=O)CNc1c(Cl)cnn(CC2CC2)c1=O. The molecule has 0 spiro atoms. The summed E-state index contributed by atoms with van der Waals surface area (Å²) < 4.78 is 1.42. The molecule has 0 aromatic carbocycles. The van der Waals surface area contributed by atoms with Gasteiger partial charge in [0.05, 0.1) is 17.8 Å². The summed E-state index contributed by atoms with van der Waals surface area (Å²) in [6.45, 7) is 5.81. The van der Waals surface area contributed by atoms with Crippen LogP contribution in [0.3, 0.4) is 0 Å². The summed E-state index contributed by atoms with van der Waals surface area (Å²) >= 11 is 6.02. The van der Waals surface area contributed by atoms with E-state index in [1.165, 1.54) is 10.9 Å². The minimum atomic E-state index is -0.262. The molecule has 1 aliphatic rings. The molecule has 1 amide bonds. The Morgan fingerprint density at radius 2 is 2.14 bits per heavy atom. The summed E-state index contributed by atoms with van der Waals surface area (Å²) in [5, 5.41) is 7.17. The minimum Gasteiger partial charge on any atom is -0.370 e. The van der Waals surface area contributed by atoms with Crippen LogP contribution in [0.2, 0.25) is 5.02 Å². The Labute approximate surface area is 129 Å². The zero-order chi connectivity index (χ0) is 15.4. The smallest absolute Gasteiger partial charge is 0.291 e. The Morgan fingerprint density at radius 3 is 2.71 bits per heavy atom. The Bertz CT molecular complexity index is 565. The number of aromatic nitrogens is 2. The van der Waals surface area contributed by atoms with Gasteiger partial charge in [-0.1, -0.05) is 11.6 Å². The van der Waals surface area contributed by atoms with Crippen molar-refractivity contribution < 1.29 is 4.79 Å². The number of carbonyl (C=O) groups excluding carboxylic acids is 1. The summed E-state index contributed by atoms with van der Waals surface area (Å²) in [6.07, 6.45) is 3.73. The lowest BCUT2D eigenvalue weighted by atomic mass is 10.4. The van der Waals surface area contributed by atoms with Gasteiger partial charge in [-0.3, -0.25) is 9.59 Å². The highest BCUT2D eigenvalue weighted by molar-refractivity contribution is 6.33. The Kier molecular flexibility index (Phi) is 5.22. The lowest BCUT2D eigenvalue weighted by molar-refractivity contribution is -0.128. The van der Waals surface area contributed by atoms with Gasteiger partial charge in [0.25, 0.3) is 5.56 Å². The van der Waals surface area contributed by atoms with Gasteiger partial charge in [0, 0.05) is 19.6 Å². The number of rotatable bonds is 7. The number of nitrogens with zero attached hydrogens (tertiary/aromatic N) is 3. The average Bonchev–Trinajstić information content (AvgIpc) is 3.27. The maximum absolute atomic E-state index is 12.3. The van der Waals surface area contributed by atoms with Crippen molar-refractivity contribution in [3.63, 3.8) is 0 Å². The second-order valence-corrected chi connectivity index (χ2v) is 5.62. The minimum absolute atomic E-state index is 0.0546. The number of carbonyl (C=O) groups is 1. The van der Waals surface area contributed by atoms with Crippen molar-refractivity contribution in [2.75, 3.05) is 25.0 Å². The molecule has 6 nitrogen and oxygen atoms in total. The Hall–Kier alpha value is -1.56. The van der Waals surface area contributed by atoms with Crippen LogP contribution in [0.15, 0.2) is 11.0 Å². The number of hydrogen-bond donors (Lipinski definition) is 1. The van der Waals surface area contributed by atoms with Crippen LogP contribution in [0.25, 0.3) is 0 Å². The van der Waals surface area contributed by atoms with Gasteiger partial charge in [0.1, 0.15) is 5.69 Å². The number of hydrogen-bond acceptors (Lipinski definition) is 4. The fourth-order valence-corrected chi connectivity index (χ4v) is 2.35. The molecule has 2 rings (SSSR count). The van der Waals surface area contributed by atoms with Crippen LogP contribution in [0.1, 0.15) is 26.7 Å². The Balaban J connectivity index is 2.08. The summed E-state index contributed by atoms with van der Waals surface area (Å²) in [4.78, 5) is 26.0. The van der Waals surface area contributed by atoms with Crippen molar-refractivity contribution >= 4 is 23.2 Å². The van der Waals surface area contributed by atoms with Crippen LogP contribution < -0.4 is 10.9 Å². The molecular formula is C14H21ClN4O2. The molecule has 0 saturated heterocycles. The highest BCUT2D eigenvalue weighted by Gasteiger charge is 2.23. The van der Waals surface area contributed by atoms with E-state index in [4.69, 9.17) is 11.6 Å². The van der Waals surface area contributed by atoms with Crippen molar-refractivity contribution in [3.05, 3.63) is 21.6 Å². The first kappa shape index (κ1) is 15.8. The number of amides is 1. The predicted molar refractivity (Wildman–Crippen MR) is 82.6 cm³/mol. The largest absolute Gasteiger partial charge is 0.370 e. The van der Waals surface area contributed by atoms with Gasteiger partial charge < -0.3 is 10.2 Å². The molecule has 0 aliphatic heterocycles. The molecule has 1 aromatic heterocycles. The molecule has 0 radical (unpaired) electrons. The summed E-state index contributed by atoms with van der Waals surface area (Å²) in [6, 6.07) is 0. The van der Waals surface area contributed by atoms with Crippen molar-refractivity contribution in [1.29, 1.82) is 0 Å². The second-order valence-electron chi connectivity index (χ2n) is 5.22. The first-order valence-corrected chi connectivity index (χ1v) is 7.71. The standard InChI is InChI=1S/C14H21ClN4O2/c1-3-18(4-2)12(20)8-16-13-11(15)7-17-19(14(13)21)9-10-5-6-10/h7,10,16H,3-6,8-9H2,1-2H3.